The summed E-state index contributed by atoms with van der Waals surface area (Å²) in [5, 5.41) is 2.84. The topological polar surface area (TPSA) is 67.6 Å². The Labute approximate surface area is 124 Å². The van der Waals surface area contributed by atoms with Gasteiger partial charge in [-0.2, -0.15) is 0 Å². The molecule has 1 amide bonds. The Morgan fingerprint density at radius 1 is 1.55 bits per heavy atom. The quantitative estimate of drug-likeness (QED) is 0.775. The standard InChI is InChI=1S/C14H19N3O2S/c1-10-14(18)16-6-7-17(10)8-9-19-12-5-3-2-4-11(12)13(15)20/h2-5,10H,6-9H2,1H3,(H2,15,20)(H,16,18). The van der Waals surface area contributed by atoms with Crippen molar-refractivity contribution in [3.05, 3.63) is 29.8 Å². The average Bonchev–Trinajstić information content (AvgIpc) is 2.44. The Hall–Kier alpha value is -1.66. The average molecular weight is 293 g/mol. The van der Waals surface area contributed by atoms with Crippen molar-refractivity contribution in [2.45, 2.75) is 13.0 Å². The van der Waals surface area contributed by atoms with E-state index >= 15 is 0 Å². The minimum Gasteiger partial charge on any atom is -0.492 e. The fourth-order valence-corrected chi connectivity index (χ4v) is 2.37. The SMILES string of the molecule is CC1C(=O)NCCN1CCOc1ccccc1C(N)=S. The molecule has 20 heavy (non-hydrogen) atoms. The van der Waals surface area contributed by atoms with Crippen LogP contribution in [0.15, 0.2) is 24.3 Å². The molecule has 2 rings (SSSR count). The van der Waals surface area contributed by atoms with Crippen molar-refractivity contribution < 1.29 is 9.53 Å². The molecule has 1 aliphatic heterocycles. The summed E-state index contributed by atoms with van der Waals surface area (Å²) in [4.78, 5) is 14.0. The van der Waals surface area contributed by atoms with Gasteiger partial charge in [0.15, 0.2) is 0 Å². The minimum atomic E-state index is -0.113. The third-order valence-corrected chi connectivity index (χ3v) is 3.63. The Kier molecular flexibility index (Phi) is 4.92. The monoisotopic (exact) mass is 293 g/mol. The molecule has 0 aromatic heterocycles. The zero-order valence-electron chi connectivity index (χ0n) is 11.5. The molecule has 0 radical (unpaired) electrons. The predicted octanol–water partition coefficient (Wildman–Crippen LogP) is 0.520. The van der Waals surface area contributed by atoms with E-state index in [1.54, 1.807) is 0 Å². The maximum absolute atomic E-state index is 11.6. The summed E-state index contributed by atoms with van der Waals surface area (Å²) in [6, 6.07) is 7.33. The summed E-state index contributed by atoms with van der Waals surface area (Å²) < 4.78 is 5.74. The van der Waals surface area contributed by atoms with Crippen molar-refractivity contribution in [3.8, 4) is 5.75 Å². The normalized spacial score (nSPS) is 19.4. The fraction of sp³-hybridized carbons (Fsp3) is 0.429. The van der Waals surface area contributed by atoms with Gasteiger partial charge >= 0.3 is 0 Å². The van der Waals surface area contributed by atoms with Crippen molar-refractivity contribution in [3.63, 3.8) is 0 Å². The number of carbonyl (C=O) groups excluding carboxylic acids is 1. The Balaban J connectivity index is 1.90. The summed E-state index contributed by atoms with van der Waals surface area (Å²) in [6.45, 7) is 4.62. The van der Waals surface area contributed by atoms with Crippen molar-refractivity contribution in [2.24, 2.45) is 5.73 Å². The molecule has 108 valence electrons. The summed E-state index contributed by atoms with van der Waals surface area (Å²) in [7, 11) is 0. The third-order valence-electron chi connectivity index (χ3n) is 3.41. The first-order valence-electron chi connectivity index (χ1n) is 6.63. The molecule has 1 unspecified atom stereocenters. The molecule has 1 aliphatic rings. The lowest BCUT2D eigenvalue weighted by Crippen LogP contribution is -2.54. The molecular weight excluding hydrogens is 274 g/mol. The van der Waals surface area contributed by atoms with Gasteiger partial charge < -0.3 is 15.8 Å². The number of nitrogens with zero attached hydrogens (tertiary/aromatic N) is 1. The van der Waals surface area contributed by atoms with E-state index in [9.17, 15) is 4.79 Å². The second-order valence-electron chi connectivity index (χ2n) is 4.71. The van der Waals surface area contributed by atoms with Crippen molar-refractivity contribution in [2.75, 3.05) is 26.2 Å². The van der Waals surface area contributed by atoms with Gasteiger partial charge in [-0.1, -0.05) is 24.4 Å². The number of hydrogen-bond donors (Lipinski definition) is 2. The van der Waals surface area contributed by atoms with Gasteiger partial charge in [-0.05, 0) is 19.1 Å². The number of amides is 1. The first kappa shape index (κ1) is 14.7. The van der Waals surface area contributed by atoms with Crippen LogP contribution in [0.1, 0.15) is 12.5 Å². The highest BCUT2D eigenvalue weighted by Gasteiger charge is 2.24. The predicted molar refractivity (Wildman–Crippen MR) is 81.9 cm³/mol. The molecule has 1 heterocycles. The van der Waals surface area contributed by atoms with Gasteiger partial charge in [0.25, 0.3) is 0 Å². The summed E-state index contributed by atoms with van der Waals surface area (Å²) in [5.41, 5.74) is 6.40. The van der Waals surface area contributed by atoms with Gasteiger partial charge in [-0.25, -0.2) is 0 Å². The van der Waals surface area contributed by atoms with E-state index in [-0.39, 0.29) is 11.9 Å². The highest BCUT2D eigenvalue weighted by atomic mass is 32.1. The zero-order valence-corrected chi connectivity index (χ0v) is 12.3. The number of hydrogen-bond acceptors (Lipinski definition) is 4. The van der Waals surface area contributed by atoms with Crippen molar-refractivity contribution >= 4 is 23.1 Å². The number of thiocarbonyl (C=S) groups is 1. The van der Waals surface area contributed by atoms with Gasteiger partial charge in [0.2, 0.25) is 5.91 Å². The van der Waals surface area contributed by atoms with Gasteiger partial charge in [-0.3, -0.25) is 9.69 Å². The lowest BCUT2D eigenvalue weighted by Gasteiger charge is -2.32. The Bertz CT molecular complexity index is 507. The first-order valence-corrected chi connectivity index (χ1v) is 7.04. The number of para-hydroxylation sites is 1. The van der Waals surface area contributed by atoms with Crippen LogP contribution in [-0.4, -0.2) is 48.1 Å². The molecule has 0 bridgehead atoms. The van der Waals surface area contributed by atoms with Crippen LogP contribution in [0.5, 0.6) is 5.75 Å². The van der Waals surface area contributed by atoms with E-state index in [2.05, 4.69) is 10.2 Å². The van der Waals surface area contributed by atoms with Gasteiger partial charge in [0, 0.05) is 19.6 Å². The number of benzene rings is 1. The molecule has 5 nitrogen and oxygen atoms in total. The summed E-state index contributed by atoms with van der Waals surface area (Å²) in [6.07, 6.45) is 0. The van der Waals surface area contributed by atoms with Crippen LogP contribution >= 0.6 is 12.2 Å². The van der Waals surface area contributed by atoms with E-state index in [0.29, 0.717) is 30.4 Å². The molecule has 1 aromatic carbocycles. The van der Waals surface area contributed by atoms with E-state index in [4.69, 9.17) is 22.7 Å². The lowest BCUT2D eigenvalue weighted by atomic mass is 10.2. The second kappa shape index (κ2) is 6.67. The molecule has 1 fully saturated rings. The van der Waals surface area contributed by atoms with Crippen LogP contribution in [0, 0.1) is 0 Å². The molecule has 3 N–H and O–H groups in total. The van der Waals surface area contributed by atoms with Crippen LogP contribution in [0.25, 0.3) is 0 Å². The number of nitrogens with two attached hydrogens (primary N) is 1. The Morgan fingerprint density at radius 3 is 3.05 bits per heavy atom. The maximum atomic E-state index is 11.6. The molecule has 0 spiro atoms. The molecule has 0 saturated carbocycles. The summed E-state index contributed by atoms with van der Waals surface area (Å²) >= 11 is 4.99. The van der Waals surface area contributed by atoms with Gasteiger partial charge in [0.1, 0.15) is 17.3 Å². The van der Waals surface area contributed by atoms with Crippen LogP contribution in [-0.2, 0) is 4.79 Å². The van der Waals surface area contributed by atoms with E-state index in [0.717, 1.165) is 12.1 Å². The zero-order chi connectivity index (χ0) is 14.5. The van der Waals surface area contributed by atoms with E-state index in [1.807, 2.05) is 31.2 Å². The number of carbonyl (C=O) groups is 1. The maximum Gasteiger partial charge on any atom is 0.237 e. The smallest absolute Gasteiger partial charge is 0.237 e. The number of ether oxygens (including phenoxy) is 1. The number of rotatable bonds is 5. The molecular formula is C14H19N3O2S. The van der Waals surface area contributed by atoms with Crippen molar-refractivity contribution in [1.29, 1.82) is 0 Å². The fourth-order valence-electron chi connectivity index (χ4n) is 2.20. The van der Waals surface area contributed by atoms with Gasteiger partial charge in [0.05, 0.1) is 11.6 Å². The molecule has 6 heteroatoms. The first-order chi connectivity index (χ1) is 9.59. The molecule has 1 atom stereocenters. The number of piperazine rings is 1. The van der Waals surface area contributed by atoms with Gasteiger partial charge in [-0.15, -0.1) is 0 Å². The van der Waals surface area contributed by atoms with E-state index < -0.39 is 0 Å². The molecule has 1 aromatic rings. The summed E-state index contributed by atoms with van der Waals surface area (Å²) in [5.74, 6) is 0.758. The number of nitrogens with one attached hydrogen (secondary N) is 1. The largest absolute Gasteiger partial charge is 0.492 e. The van der Waals surface area contributed by atoms with E-state index in [1.165, 1.54) is 0 Å². The van der Waals surface area contributed by atoms with Crippen LogP contribution in [0.3, 0.4) is 0 Å². The van der Waals surface area contributed by atoms with Crippen LogP contribution in [0.4, 0.5) is 0 Å². The van der Waals surface area contributed by atoms with Crippen LogP contribution < -0.4 is 15.8 Å². The third kappa shape index (κ3) is 3.46. The highest BCUT2D eigenvalue weighted by molar-refractivity contribution is 7.80. The van der Waals surface area contributed by atoms with Crippen LogP contribution in [0.2, 0.25) is 0 Å². The lowest BCUT2D eigenvalue weighted by molar-refractivity contribution is -0.128. The van der Waals surface area contributed by atoms with Crippen molar-refractivity contribution in [1.82, 2.24) is 10.2 Å². The Morgan fingerprint density at radius 2 is 2.30 bits per heavy atom. The minimum absolute atomic E-state index is 0.0692. The second-order valence-corrected chi connectivity index (χ2v) is 5.15. The highest BCUT2D eigenvalue weighted by Crippen LogP contribution is 2.17. The molecule has 0 aliphatic carbocycles. The molecule has 1 saturated heterocycles.